The highest BCUT2D eigenvalue weighted by Crippen LogP contribution is 2.26. The normalized spacial score (nSPS) is 12.3. The van der Waals surface area contributed by atoms with Crippen LogP contribution in [0.25, 0.3) is 16.2 Å². The summed E-state index contributed by atoms with van der Waals surface area (Å²) < 4.78 is 1.92. The van der Waals surface area contributed by atoms with E-state index in [0.717, 1.165) is 34.2 Å². The van der Waals surface area contributed by atoms with Crippen molar-refractivity contribution in [3.63, 3.8) is 0 Å². The summed E-state index contributed by atoms with van der Waals surface area (Å²) in [5, 5.41) is 18.3. The zero-order valence-electron chi connectivity index (χ0n) is 14.5. The molecule has 0 saturated heterocycles. The molecule has 4 aromatic heterocycles. The van der Waals surface area contributed by atoms with Gasteiger partial charge in [0.15, 0.2) is 11.5 Å². The van der Waals surface area contributed by atoms with Crippen LogP contribution in [0.3, 0.4) is 0 Å². The minimum absolute atomic E-state index is 0.188. The van der Waals surface area contributed by atoms with Crippen LogP contribution in [0, 0.1) is 0 Å². The topological polar surface area (TPSA) is 72.2 Å². The maximum absolute atomic E-state index is 12.8. The van der Waals surface area contributed by atoms with Crippen LogP contribution in [0.4, 0.5) is 0 Å². The van der Waals surface area contributed by atoms with Gasteiger partial charge in [-0.3, -0.25) is 9.20 Å². The average Bonchev–Trinajstić information content (AvgIpc) is 3.44. The third-order valence-electron chi connectivity index (χ3n) is 4.07. The summed E-state index contributed by atoms with van der Waals surface area (Å²) in [5.41, 5.74) is 2.25. The van der Waals surface area contributed by atoms with E-state index in [1.807, 2.05) is 51.9 Å². The molecule has 0 bridgehead atoms. The number of pyridine rings is 1. The minimum Gasteiger partial charge on any atom is -0.341 e. The molecule has 0 aliphatic rings. The second kappa shape index (κ2) is 8.20. The molecule has 9 heteroatoms. The van der Waals surface area contributed by atoms with Gasteiger partial charge in [-0.2, -0.15) is 23.1 Å². The van der Waals surface area contributed by atoms with Crippen LogP contribution in [0.2, 0.25) is 0 Å². The van der Waals surface area contributed by atoms with Crippen LogP contribution in [-0.2, 0) is 0 Å². The lowest BCUT2D eigenvalue weighted by Gasteiger charge is -2.16. The zero-order chi connectivity index (χ0) is 18.6. The molecule has 138 valence electrons. The molecule has 4 rings (SSSR count). The summed E-state index contributed by atoms with van der Waals surface area (Å²) in [7, 11) is 0. The van der Waals surface area contributed by atoms with E-state index in [1.165, 1.54) is 11.3 Å². The Hall–Kier alpha value is -2.23. The third kappa shape index (κ3) is 3.90. The highest BCUT2D eigenvalue weighted by Gasteiger charge is 2.22. The SMILES string of the molecule is CSCCC(NC(=O)c1csc(-c2ccsc2)n1)c1nnc2ccccn12. The zero-order valence-corrected chi connectivity index (χ0v) is 17.0. The van der Waals surface area contributed by atoms with Crippen molar-refractivity contribution in [2.45, 2.75) is 12.5 Å². The van der Waals surface area contributed by atoms with Gasteiger partial charge in [-0.15, -0.1) is 21.5 Å². The molecule has 1 amide bonds. The largest absolute Gasteiger partial charge is 0.341 e. The number of carbonyl (C=O) groups excluding carboxylic acids is 1. The molecule has 1 unspecified atom stereocenters. The monoisotopic (exact) mass is 415 g/mol. The van der Waals surface area contributed by atoms with Crippen molar-refractivity contribution < 1.29 is 4.79 Å². The van der Waals surface area contributed by atoms with Crippen molar-refractivity contribution in [1.82, 2.24) is 24.9 Å². The predicted octanol–water partition coefficient (Wildman–Crippen LogP) is 4.14. The molecule has 4 heterocycles. The Balaban J connectivity index is 1.57. The Labute approximate surface area is 168 Å². The van der Waals surface area contributed by atoms with E-state index >= 15 is 0 Å². The summed E-state index contributed by atoms with van der Waals surface area (Å²) in [6.45, 7) is 0. The van der Waals surface area contributed by atoms with Crippen molar-refractivity contribution in [3.8, 4) is 10.6 Å². The lowest BCUT2D eigenvalue weighted by molar-refractivity contribution is 0.0929. The molecule has 6 nitrogen and oxygen atoms in total. The molecule has 0 aromatic carbocycles. The van der Waals surface area contributed by atoms with Gasteiger partial charge in [0.25, 0.3) is 5.91 Å². The van der Waals surface area contributed by atoms with E-state index in [9.17, 15) is 4.79 Å². The molecular weight excluding hydrogens is 398 g/mol. The fourth-order valence-electron chi connectivity index (χ4n) is 2.73. The van der Waals surface area contributed by atoms with Crippen LogP contribution in [0.1, 0.15) is 28.8 Å². The second-order valence-corrected chi connectivity index (χ2v) is 8.47. The number of fused-ring (bicyclic) bond motifs is 1. The number of thioether (sulfide) groups is 1. The van der Waals surface area contributed by atoms with Gasteiger partial charge in [-0.25, -0.2) is 4.98 Å². The van der Waals surface area contributed by atoms with Gasteiger partial charge in [-0.1, -0.05) is 6.07 Å². The Bertz CT molecular complexity index is 1040. The maximum Gasteiger partial charge on any atom is 0.271 e. The Kier molecular flexibility index (Phi) is 5.51. The molecule has 1 atom stereocenters. The quantitative estimate of drug-likeness (QED) is 0.491. The van der Waals surface area contributed by atoms with Gasteiger partial charge >= 0.3 is 0 Å². The molecule has 0 spiro atoms. The van der Waals surface area contributed by atoms with Crippen LogP contribution in [-0.4, -0.2) is 37.5 Å². The van der Waals surface area contributed by atoms with Gasteiger partial charge in [-0.05, 0) is 42.0 Å². The molecule has 4 aromatic rings. The number of aromatic nitrogens is 4. The third-order valence-corrected chi connectivity index (χ3v) is 6.29. The lowest BCUT2D eigenvalue weighted by Crippen LogP contribution is -2.30. The number of carbonyl (C=O) groups is 1. The van der Waals surface area contributed by atoms with Crippen LogP contribution in [0.15, 0.2) is 46.6 Å². The molecular formula is C18H17N5OS3. The number of hydrogen-bond acceptors (Lipinski definition) is 7. The van der Waals surface area contributed by atoms with Crippen molar-refractivity contribution in [1.29, 1.82) is 0 Å². The lowest BCUT2D eigenvalue weighted by atomic mass is 10.2. The van der Waals surface area contributed by atoms with Crippen LogP contribution in [0.5, 0.6) is 0 Å². The smallest absolute Gasteiger partial charge is 0.271 e. The predicted molar refractivity (Wildman–Crippen MR) is 112 cm³/mol. The standard InChI is InChI=1S/C18H17N5OS3/c1-25-8-6-13(16-22-21-15-4-2-3-7-23(15)16)19-17(24)14-11-27-18(20-14)12-5-9-26-10-12/h2-5,7,9-11,13H,6,8H2,1H3,(H,19,24). The fourth-order valence-corrected chi connectivity index (χ4v) is 4.71. The minimum atomic E-state index is -0.228. The maximum atomic E-state index is 12.8. The van der Waals surface area contributed by atoms with Gasteiger partial charge in [0, 0.05) is 22.5 Å². The van der Waals surface area contributed by atoms with Crippen molar-refractivity contribution in [2.24, 2.45) is 0 Å². The number of rotatable bonds is 7. The molecule has 0 fully saturated rings. The first-order valence-electron chi connectivity index (χ1n) is 8.34. The van der Waals surface area contributed by atoms with E-state index in [-0.39, 0.29) is 11.9 Å². The summed E-state index contributed by atoms with van der Waals surface area (Å²) in [5.74, 6) is 1.46. The Morgan fingerprint density at radius 3 is 3.04 bits per heavy atom. The molecule has 0 radical (unpaired) electrons. The number of thiazole rings is 1. The molecule has 27 heavy (non-hydrogen) atoms. The van der Waals surface area contributed by atoms with Gasteiger partial charge in [0.05, 0.1) is 6.04 Å². The summed E-state index contributed by atoms with van der Waals surface area (Å²) >= 11 is 4.83. The summed E-state index contributed by atoms with van der Waals surface area (Å²) in [4.78, 5) is 17.3. The van der Waals surface area contributed by atoms with Crippen molar-refractivity contribution >= 4 is 46.0 Å². The van der Waals surface area contributed by atoms with Crippen LogP contribution >= 0.6 is 34.4 Å². The van der Waals surface area contributed by atoms with E-state index in [0.29, 0.717) is 5.69 Å². The molecule has 0 aliphatic heterocycles. The van der Waals surface area contributed by atoms with Crippen LogP contribution < -0.4 is 5.32 Å². The van der Waals surface area contributed by atoms with Crippen molar-refractivity contribution in [3.05, 3.63) is 58.1 Å². The van der Waals surface area contributed by atoms with E-state index in [4.69, 9.17) is 0 Å². The Morgan fingerprint density at radius 2 is 2.22 bits per heavy atom. The highest BCUT2D eigenvalue weighted by molar-refractivity contribution is 7.98. The number of nitrogens with zero attached hydrogens (tertiary/aromatic N) is 4. The fraction of sp³-hybridized carbons (Fsp3) is 0.222. The number of thiophene rings is 1. The first-order valence-corrected chi connectivity index (χ1v) is 11.6. The molecule has 0 aliphatic carbocycles. The van der Waals surface area contributed by atoms with E-state index in [1.54, 1.807) is 28.5 Å². The number of nitrogens with one attached hydrogen (secondary N) is 1. The highest BCUT2D eigenvalue weighted by atomic mass is 32.2. The molecule has 0 saturated carbocycles. The summed E-state index contributed by atoms with van der Waals surface area (Å²) in [6.07, 6.45) is 4.74. The van der Waals surface area contributed by atoms with Crippen molar-refractivity contribution in [2.75, 3.05) is 12.0 Å². The summed E-state index contributed by atoms with van der Waals surface area (Å²) in [6, 6.07) is 7.53. The van der Waals surface area contributed by atoms with E-state index < -0.39 is 0 Å². The van der Waals surface area contributed by atoms with Gasteiger partial charge < -0.3 is 5.32 Å². The van der Waals surface area contributed by atoms with Gasteiger partial charge in [0.2, 0.25) is 0 Å². The number of hydrogen-bond donors (Lipinski definition) is 1. The first kappa shape index (κ1) is 18.1. The molecule has 1 N–H and O–H groups in total. The number of amides is 1. The van der Waals surface area contributed by atoms with Gasteiger partial charge in [0.1, 0.15) is 10.7 Å². The van der Waals surface area contributed by atoms with E-state index in [2.05, 4.69) is 20.5 Å². The second-order valence-electron chi connectivity index (χ2n) is 5.84. The Morgan fingerprint density at radius 1 is 1.30 bits per heavy atom. The average molecular weight is 416 g/mol. The first-order chi connectivity index (χ1) is 13.3.